The first-order valence-electron chi connectivity index (χ1n) is 9.37. The molecule has 0 aliphatic carbocycles. The molecule has 1 heterocycles. The Kier molecular flexibility index (Phi) is 7.01. The number of halogens is 2. The van der Waals surface area contributed by atoms with E-state index in [-0.39, 0.29) is 0 Å². The first kappa shape index (κ1) is 20.4. The van der Waals surface area contributed by atoms with Gasteiger partial charge >= 0.3 is 0 Å². The second-order valence-corrected chi connectivity index (χ2v) is 8.20. The van der Waals surface area contributed by atoms with Crippen molar-refractivity contribution in [3.05, 3.63) is 63.1 Å². The van der Waals surface area contributed by atoms with Gasteiger partial charge in [0.2, 0.25) is 0 Å². The summed E-state index contributed by atoms with van der Waals surface area (Å²) in [6.07, 6.45) is 2.35. The third-order valence-electron chi connectivity index (χ3n) is 5.21. The van der Waals surface area contributed by atoms with Gasteiger partial charge in [-0.1, -0.05) is 41.4 Å². The minimum atomic E-state index is -1.06. The van der Waals surface area contributed by atoms with E-state index in [1.807, 2.05) is 24.3 Å². The third kappa shape index (κ3) is 5.59. The Morgan fingerprint density at radius 3 is 2.81 bits per heavy atom. The Hall–Kier alpha value is -1.30. The summed E-state index contributed by atoms with van der Waals surface area (Å²) in [5.74, 6) is 0.594. The van der Waals surface area contributed by atoms with Gasteiger partial charge in [-0.05, 0) is 73.5 Å². The lowest BCUT2D eigenvalue weighted by atomic mass is 9.91. The molecular formula is C21H27Cl2N3O. The number of nitrogens with zero attached hydrogens (tertiary/aromatic N) is 1. The highest BCUT2D eigenvalue weighted by molar-refractivity contribution is 6.42. The molecule has 0 amide bonds. The van der Waals surface area contributed by atoms with Crippen LogP contribution in [-0.2, 0) is 13.0 Å². The minimum absolute atomic E-state index is 0.594. The molecule has 0 spiro atoms. The normalized spacial score (nSPS) is 19.1. The Balaban J connectivity index is 1.67. The summed E-state index contributed by atoms with van der Waals surface area (Å²) >= 11 is 12.2. The van der Waals surface area contributed by atoms with Gasteiger partial charge in [0.1, 0.15) is 0 Å². The first-order valence-corrected chi connectivity index (χ1v) is 10.1. The predicted octanol–water partition coefficient (Wildman–Crippen LogP) is 4.40. The Labute approximate surface area is 171 Å². The van der Waals surface area contributed by atoms with E-state index in [0.717, 1.165) is 31.7 Å². The molecule has 2 atom stereocenters. The van der Waals surface area contributed by atoms with Crippen LogP contribution in [-0.4, -0.2) is 29.4 Å². The maximum absolute atomic E-state index is 9.51. The van der Waals surface area contributed by atoms with Crippen molar-refractivity contribution in [2.45, 2.75) is 39.1 Å². The summed E-state index contributed by atoms with van der Waals surface area (Å²) in [5, 5.41) is 13.7. The van der Waals surface area contributed by atoms with Gasteiger partial charge < -0.3 is 10.4 Å². The highest BCUT2D eigenvalue weighted by atomic mass is 35.5. The lowest BCUT2D eigenvalue weighted by Gasteiger charge is -2.34. The molecule has 3 rings (SSSR count). The Morgan fingerprint density at radius 1 is 1.26 bits per heavy atom. The zero-order valence-electron chi connectivity index (χ0n) is 15.6. The topological polar surface area (TPSA) is 61.5 Å². The van der Waals surface area contributed by atoms with E-state index in [1.54, 1.807) is 0 Å². The summed E-state index contributed by atoms with van der Waals surface area (Å²) < 4.78 is 0. The van der Waals surface area contributed by atoms with Crippen molar-refractivity contribution < 1.29 is 5.11 Å². The van der Waals surface area contributed by atoms with E-state index in [4.69, 9.17) is 28.9 Å². The summed E-state index contributed by atoms with van der Waals surface area (Å²) in [6, 6.07) is 12.0. The van der Waals surface area contributed by atoms with Crippen LogP contribution in [0.3, 0.4) is 0 Å². The van der Waals surface area contributed by atoms with Gasteiger partial charge in [-0.15, -0.1) is 0 Å². The number of rotatable bonds is 6. The molecule has 0 aromatic heterocycles. The molecule has 146 valence electrons. The molecule has 2 aromatic rings. The molecule has 0 radical (unpaired) electrons. The van der Waals surface area contributed by atoms with Crippen molar-refractivity contribution in [1.29, 1.82) is 0 Å². The van der Waals surface area contributed by atoms with Crippen molar-refractivity contribution in [3.8, 4) is 0 Å². The molecular weight excluding hydrogens is 381 g/mol. The van der Waals surface area contributed by atoms with Crippen LogP contribution in [0.25, 0.3) is 0 Å². The molecule has 6 heteroatoms. The molecule has 0 bridgehead atoms. The molecule has 2 unspecified atom stereocenters. The van der Waals surface area contributed by atoms with E-state index in [0.29, 0.717) is 16.0 Å². The number of piperidine rings is 1. The zero-order valence-corrected chi connectivity index (χ0v) is 17.1. The van der Waals surface area contributed by atoms with E-state index in [9.17, 15) is 5.11 Å². The van der Waals surface area contributed by atoms with Crippen molar-refractivity contribution >= 4 is 28.9 Å². The van der Waals surface area contributed by atoms with Crippen LogP contribution in [0.2, 0.25) is 10.0 Å². The van der Waals surface area contributed by atoms with Gasteiger partial charge in [-0.3, -0.25) is 10.6 Å². The largest absolute Gasteiger partial charge is 0.361 e. The van der Waals surface area contributed by atoms with Crippen LogP contribution in [0.15, 0.2) is 36.4 Å². The molecule has 1 fully saturated rings. The second-order valence-electron chi connectivity index (χ2n) is 7.39. The fourth-order valence-electron chi connectivity index (χ4n) is 3.89. The fraction of sp³-hybridized carbons (Fsp3) is 0.429. The summed E-state index contributed by atoms with van der Waals surface area (Å²) in [4.78, 5) is 2.49. The monoisotopic (exact) mass is 407 g/mol. The van der Waals surface area contributed by atoms with Gasteiger partial charge in [0.05, 0.1) is 10.0 Å². The van der Waals surface area contributed by atoms with Crippen LogP contribution in [0.5, 0.6) is 0 Å². The minimum Gasteiger partial charge on any atom is -0.361 e. The van der Waals surface area contributed by atoms with E-state index >= 15 is 0 Å². The quantitative estimate of drug-likeness (QED) is 0.620. The van der Waals surface area contributed by atoms with Gasteiger partial charge in [-0.2, -0.15) is 0 Å². The molecule has 1 saturated heterocycles. The molecule has 27 heavy (non-hydrogen) atoms. The van der Waals surface area contributed by atoms with Crippen LogP contribution >= 0.6 is 23.2 Å². The lowest BCUT2D eigenvalue weighted by Crippen LogP contribution is -2.36. The first-order chi connectivity index (χ1) is 12.9. The number of nitrogens with two attached hydrogens (primary N) is 1. The van der Waals surface area contributed by atoms with Gasteiger partial charge in [0.25, 0.3) is 0 Å². The highest BCUT2D eigenvalue weighted by Crippen LogP contribution is 2.28. The molecule has 1 aliphatic heterocycles. The summed E-state index contributed by atoms with van der Waals surface area (Å²) in [7, 11) is 0. The maximum Gasteiger partial charge on any atom is 0.178 e. The molecule has 1 aliphatic rings. The SMILES string of the molecule is Cc1cccc(NC(N)O)c1CN1CCCC(Cc2ccc(Cl)c(Cl)c2)C1. The average molecular weight is 408 g/mol. The third-order valence-corrected chi connectivity index (χ3v) is 5.95. The number of aliphatic hydroxyl groups excluding tert-OH is 1. The van der Waals surface area contributed by atoms with E-state index in [1.165, 1.54) is 29.5 Å². The van der Waals surface area contributed by atoms with Crippen LogP contribution in [0.1, 0.15) is 29.5 Å². The summed E-state index contributed by atoms with van der Waals surface area (Å²) in [6.45, 7) is 5.07. The molecule has 4 nitrogen and oxygen atoms in total. The number of anilines is 1. The van der Waals surface area contributed by atoms with Crippen molar-refractivity contribution in [2.75, 3.05) is 18.4 Å². The predicted molar refractivity (Wildman–Crippen MR) is 113 cm³/mol. The zero-order chi connectivity index (χ0) is 19.4. The van der Waals surface area contributed by atoms with Crippen LogP contribution in [0.4, 0.5) is 5.69 Å². The number of hydrogen-bond acceptors (Lipinski definition) is 4. The Morgan fingerprint density at radius 2 is 2.07 bits per heavy atom. The molecule has 2 aromatic carbocycles. The number of hydrogen-bond donors (Lipinski definition) is 3. The number of aryl methyl sites for hydroxylation is 1. The fourth-order valence-corrected chi connectivity index (χ4v) is 4.21. The maximum atomic E-state index is 9.51. The van der Waals surface area contributed by atoms with Gasteiger partial charge in [0.15, 0.2) is 6.35 Å². The lowest BCUT2D eigenvalue weighted by molar-refractivity contribution is 0.166. The second kappa shape index (κ2) is 9.26. The van der Waals surface area contributed by atoms with Gasteiger partial charge in [0, 0.05) is 18.8 Å². The van der Waals surface area contributed by atoms with E-state index < -0.39 is 6.35 Å². The Bertz CT molecular complexity index is 782. The van der Waals surface area contributed by atoms with Crippen molar-refractivity contribution in [3.63, 3.8) is 0 Å². The van der Waals surface area contributed by atoms with Gasteiger partial charge in [-0.25, -0.2) is 0 Å². The van der Waals surface area contributed by atoms with E-state index in [2.05, 4.69) is 29.3 Å². The van der Waals surface area contributed by atoms with Crippen molar-refractivity contribution in [2.24, 2.45) is 11.7 Å². The highest BCUT2D eigenvalue weighted by Gasteiger charge is 2.22. The van der Waals surface area contributed by atoms with Crippen LogP contribution < -0.4 is 11.1 Å². The number of aliphatic hydroxyl groups is 1. The number of benzene rings is 2. The van der Waals surface area contributed by atoms with Crippen molar-refractivity contribution in [1.82, 2.24) is 4.90 Å². The van der Waals surface area contributed by atoms with Crippen LogP contribution in [0, 0.1) is 12.8 Å². The smallest absolute Gasteiger partial charge is 0.178 e. The number of likely N-dealkylation sites (tertiary alicyclic amines) is 1. The number of nitrogens with one attached hydrogen (secondary N) is 1. The molecule has 4 N–H and O–H groups in total. The standard InChI is InChI=1S/C21H27Cl2N3O/c1-14-4-2-6-20(25-21(24)27)17(14)13-26-9-3-5-16(12-26)10-15-7-8-18(22)19(23)11-15/h2,4,6-8,11,16,21,25,27H,3,5,9-10,12-13,24H2,1H3. The average Bonchev–Trinajstić information content (AvgIpc) is 2.61. The molecule has 0 saturated carbocycles. The summed E-state index contributed by atoms with van der Waals surface area (Å²) in [5.41, 5.74) is 10.0.